The highest BCUT2D eigenvalue weighted by Gasteiger charge is 2.26. The Hall–Kier alpha value is -3.13. The number of piperidine rings is 1. The largest absolute Gasteiger partial charge is 0.303 e. The van der Waals surface area contributed by atoms with E-state index in [9.17, 15) is 0 Å². The molecule has 1 aliphatic rings. The van der Waals surface area contributed by atoms with Gasteiger partial charge in [-0.25, -0.2) is 19.5 Å². The number of hydrogen-bond acceptors (Lipinski definition) is 6. The zero-order valence-electron chi connectivity index (χ0n) is 21.7. The molecule has 0 amide bonds. The van der Waals surface area contributed by atoms with Gasteiger partial charge in [0.15, 0.2) is 5.65 Å². The Labute approximate surface area is 207 Å². The molecule has 0 aromatic carbocycles. The number of pyridine rings is 1. The van der Waals surface area contributed by atoms with Gasteiger partial charge in [-0.3, -0.25) is 5.10 Å². The van der Waals surface area contributed by atoms with Gasteiger partial charge in [-0.2, -0.15) is 10.2 Å². The Morgan fingerprint density at radius 2 is 1.77 bits per heavy atom. The molecule has 1 saturated heterocycles. The SMILES string of the molecule is Cc1cc(-c2[nH]nc(-c3cnc(C4CCN(CC(C)(C)C)CC4)nc3)c2C(C)C)cn2ncnc12. The van der Waals surface area contributed by atoms with Crippen LogP contribution in [0.5, 0.6) is 0 Å². The van der Waals surface area contributed by atoms with E-state index in [0.29, 0.717) is 11.3 Å². The summed E-state index contributed by atoms with van der Waals surface area (Å²) in [5.41, 5.74) is 7.35. The smallest absolute Gasteiger partial charge is 0.158 e. The van der Waals surface area contributed by atoms with Crippen molar-refractivity contribution in [3.8, 4) is 22.5 Å². The summed E-state index contributed by atoms with van der Waals surface area (Å²) in [6.45, 7) is 16.7. The first-order valence-electron chi connectivity index (χ1n) is 12.6. The number of H-pyrrole nitrogens is 1. The van der Waals surface area contributed by atoms with Gasteiger partial charge < -0.3 is 4.90 Å². The highest BCUT2D eigenvalue weighted by Crippen LogP contribution is 2.36. The quantitative estimate of drug-likeness (QED) is 0.428. The third kappa shape index (κ3) is 4.85. The second-order valence-corrected chi connectivity index (χ2v) is 11.4. The molecule has 0 radical (unpaired) electrons. The van der Waals surface area contributed by atoms with E-state index in [4.69, 9.17) is 15.1 Å². The van der Waals surface area contributed by atoms with Crippen molar-refractivity contribution in [1.29, 1.82) is 0 Å². The topological polar surface area (TPSA) is 87.9 Å². The molecule has 0 bridgehead atoms. The lowest BCUT2D eigenvalue weighted by Gasteiger charge is -2.35. The van der Waals surface area contributed by atoms with Gasteiger partial charge in [0.25, 0.3) is 0 Å². The number of hydrogen-bond donors (Lipinski definition) is 1. The van der Waals surface area contributed by atoms with Crippen LogP contribution in [0.2, 0.25) is 0 Å². The highest BCUT2D eigenvalue weighted by molar-refractivity contribution is 5.75. The van der Waals surface area contributed by atoms with Crippen LogP contribution in [0.3, 0.4) is 0 Å². The number of nitrogens with one attached hydrogen (secondary N) is 1. The minimum absolute atomic E-state index is 0.275. The molecule has 0 atom stereocenters. The van der Waals surface area contributed by atoms with Gasteiger partial charge in [-0.15, -0.1) is 0 Å². The number of fused-ring (bicyclic) bond motifs is 1. The first kappa shape index (κ1) is 23.6. The van der Waals surface area contributed by atoms with Crippen molar-refractivity contribution in [1.82, 2.24) is 39.7 Å². The number of aromatic nitrogens is 7. The summed E-state index contributed by atoms with van der Waals surface area (Å²) >= 11 is 0. The van der Waals surface area contributed by atoms with Crippen molar-refractivity contribution >= 4 is 5.65 Å². The third-order valence-corrected chi connectivity index (χ3v) is 6.83. The fourth-order valence-electron chi connectivity index (χ4n) is 5.27. The van der Waals surface area contributed by atoms with Gasteiger partial charge in [0, 0.05) is 47.7 Å². The molecule has 0 unspecified atom stereocenters. The summed E-state index contributed by atoms with van der Waals surface area (Å²) in [4.78, 5) is 16.5. The summed E-state index contributed by atoms with van der Waals surface area (Å²) in [7, 11) is 0. The normalized spacial score (nSPS) is 16.0. The molecule has 184 valence electrons. The summed E-state index contributed by atoms with van der Waals surface area (Å²) in [5, 5.41) is 12.3. The van der Waals surface area contributed by atoms with Crippen molar-refractivity contribution in [2.45, 2.75) is 66.2 Å². The van der Waals surface area contributed by atoms with Crippen LogP contribution < -0.4 is 0 Å². The van der Waals surface area contributed by atoms with Crippen LogP contribution in [0, 0.1) is 12.3 Å². The van der Waals surface area contributed by atoms with E-state index >= 15 is 0 Å². The lowest BCUT2D eigenvalue weighted by molar-refractivity contribution is 0.152. The van der Waals surface area contributed by atoms with Gasteiger partial charge in [0.2, 0.25) is 0 Å². The molecule has 0 saturated carbocycles. The molecular formula is C27H36N8. The molecule has 0 aliphatic carbocycles. The van der Waals surface area contributed by atoms with E-state index in [-0.39, 0.29) is 5.92 Å². The summed E-state index contributed by atoms with van der Waals surface area (Å²) in [5.74, 6) is 1.66. The number of nitrogens with zero attached hydrogens (tertiary/aromatic N) is 7. The standard InChI is InChI=1S/C27H36N8/c1-17(2)22-23(20-11-18(3)26-30-16-31-35(26)14-20)32-33-24(22)21-12-28-25(29-13-21)19-7-9-34(10-8-19)15-27(4,5)6/h11-14,16-17,19H,7-10,15H2,1-6H3,(H,32,33). The van der Waals surface area contributed by atoms with Crippen LogP contribution in [-0.2, 0) is 0 Å². The molecule has 0 spiro atoms. The van der Waals surface area contributed by atoms with Crippen LogP contribution in [-0.4, -0.2) is 59.3 Å². The van der Waals surface area contributed by atoms with Crippen molar-refractivity contribution in [2.24, 2.45) is 5.41 Å². The lowest BCUT2D eigenvalue weighted by Crippen LogP contribution is -2.38. The molecule has 4 aromatic heterocycles. The summed E-state index contributed by atoms with van der Waals surface area (Å²) < 4.78 is 1.82. The Bertz CT molecular complexity index is 1300. The van der Waals surface area contributed by atoms with Gasteiger partial charge in [-0.05, 0) is 55.8 Å². The maximum Gasteiger partial charge on any atom is 0.158 e. The molecule has 1 N–H and O–H groups in total. The highest BCUT2D eigenvalue weighted by atomic mass is 15.3. The van der Waals surface area contributed by atoms with E-state index in [0.717, 1.165) is 77.6 Å². The fourth-order valence-corrected chi connectivity index (χ4v) is 5.27. The second kappa shape index (κ2) is 9.15. The Kier molecular flexibility index (Phi) is 6.17. The van der Waals surface area contributed by atoms with Crippen LogP contribution in [0.4, 0.5) is 0 Å². The van der Waals surface area contributed by atoms with Gasteiger partial charge in [0.1, 0.15) is 12.2 Å². The van der Waals surface area contributed by atoms with Crippen molar-refractivity contribution in [3.63, 3.8) is 0 Å². The minimum atomic E-state index is 0.275. The first-order valence-corrected chi connectivity index (χ1v) is 12.6. The average molecular weight is 473 g/mol. The Morgan fingerprint density at radius 1 is 1.06 bits per heavy atom. The van der Waals surface area contributed by atoms with E-state index < -0.39 is 0 Å². The maximum atomic E-state index is 4.80. The van der Waals surface area contributed by atoms with E-state index in [1.54, 1.807) is 6.33 Å². The predicted molar refractivity (Wildman–Crippen MR) is 138 cm³/mol. The maximum absolute atomic E-state index is 4.80. The fraction of sp³-hybridized carbons (Fsp3) is 0.519. The predicted octanol–water partition coefficient (Wildman–Crippen LogP) is 5.23. The molecular weight excluding hydrogens is 436 g/mol. The van der Waals surface area contributed by atoms with E-state index in [1.165, 1.54) is 0 Å². The number of aryl methyl sites for hydroxylation is 1. The van der Waals surface area contributed by atoms with Crippen LogP contribution in [0.15, 0.2) is 31.0 Å². The number of rotatable bonds is 5. The van der Waals surface area contributed by atoms with E-state index in [1.807, 2.05) is 23.1 Å². The third-order valence-electron chi connectivity index (χ3n) is 6.83. The minimum Gasteiger partial charge on any atom is -0.303 e. The molecule has 8 nitrogen and oxygen atoms in total. The van der Waals surface area contributed by atoms with Gasteiger partial charge >= 0.3 is 0 Å². The number of aromatic amines is 1. The summed E-state index contributed by atoms with van der Waals surface area (Å²) in [6.07, 6.45) is 9.71. The van der Waals surface area contributed by atoms with Gasteiger partial charge in [0.05, 0.1) is 11.4 Å². The lowest BCUT2D eigenvalue weighted by atomic mass is 9.91. The Balaban J connectivity index is 1.38. The molecule has 8 heteroatoms. The average Bonchev–Trinajstić information content (AvgIpc) is 3.46. The summed E-state index contributed by atoms with van der Waals surface area (Å²) in [6, 6.07) is 2.14. The number of likely N-dealkylation sites (tertiary alicyclic amines) is 1. The molecule has 35 heavy (non-hydrogen) atoms. The van der Waals surface area contributed by atoms with Crippen LogP contribution in [0.1, 0.15) is 76.2 Å². The van der Waals surface area contributed by atoms with Crippen LogP contribution >= 0.6 is 0 Å². The molecule has 5 heterocycles. The van der Waals surface area contributed by atoms with Crippen molar-refractivity contribution in [3.05, 3.63) is 47.9 Å². The van der Waals surface area contributed by atoms with Gasteiger partial charge in [-0.1, -0.05) is 34.6 Å². The molecule has 1 aliphatic heterocycles. The monoisotopic (exact) mass is 472 g/mol. The molecule has 1 fully saturated rings. The second-order valence-electron chi connectivity index (χ2n) is 11.4. The van der Waals surface area contributed by atoms with Crippen molar-refractivity contribution in [2.75, 3.05) is 19.6 Å². The zero-order valence-corrected chi connectivity index (χ0v) is 21.7. The van der Waals surface area contributed by atoms with Crippen LogP contribution in [0.25, 0.3) is 28.2 Å². The molecule has 4 aromatic rings. The van der Waals surface area contributed by atoms with E-state index in [2.05, 4.69) is 67.7 Å². The first-order chi connectivity index (χ1) is 16.7. The zero-order chi connectivity index (χ0) is 24.7. The molecule has 5 rings (SSSR count). The van der Waals surface area contributed by atoms with Crippen molar-refractivity contribution < 1.29 is 0 Å². The Morgan fingerprint density at radius 3 is 2.43 bits per heavy atom.